The smallest absolute Gasteiger partial charge is 0.326 e. The van der Waals surface area contributed by atoms with Crippen LogP contribution in [0.15, 0.2) is 0 Å². The van der Waals surface area contributed by atoms with Crippen molar-refractivity contribution < 1.29 is 14.7 Å². The second-order valence-electron chi connectivity index (χ2n) is 4.98. The maximum Gasteiger partial charge on any atom is 0.326 e. The van der Waals surface area contributed by atoms with Crippen LogP contribution in [0.4, 0.5) is 0 Å². The van der Waals surface area contributed by atoms with E-state index >= 15 is 0 Å². The lowest BCUT2D eigenvalue weighted by molar-refractivity contribution is -0.149. The van der Waals surface area contributed by atoms with E-state index in [1.807, 2.05) is 13.8 Å². The minimum atomic E-state index is -0.881. The first-order valence-corrected chi connectivity index (χ1v) is 6.82. The Morgan fingerprint density at radius 2 is 2.11 bits per heavy atom. The van der Waals surface area contributed by atoms with Crippen LogP contribution < -0.4 is 5.32 Å². The molecule has 2 unspecified atom stereocenters. The van der Waals surface area contributed by atoms with E-state index in [4.69, 9.17) is 0 Å². The van der Waals surface area contributed by atoms with E-state index in [-0.39, 0.29) is 18.5 Å². The van der Waals surface area contributed by atoms with Crippen LogP contribution in [0.25, 0.3) is 0 Å². The van der Waals surface area contributed by atoms with Gasteiger partial charge in [0.05, 0.1) is 6.54 Å². The minimum absolute atomic E-state index is 0.0930. The summed E-state index contributed by atoms with van der Waals surface area (Å²) >= 11 is 0. The lowest BCUT2D eigenvalue weighted by Gasteiger charge is -2.27. The second-order valence-corrected chi connectivity index (χ2v) is 4.98. The molecule has 0 radical (unpaired) electrons. The molecule has 0 aromatic carbocycles. The zero-order valence-electron chi connectivity index (χ0n) is 11.3. The molecule has 0 spiro atoms. The molecule has 1 amide bonds. The van der Waals surface area contributed by atoms with Gasteiger partial charge in [0, 0.05) is 12.6 Å². The van der Waals surface area contributed by atoms with Crippen molar-refractivity contribution in [2.75, 3.05) is 13.1 Å². The van der Waals surface area contributed by atoms with Gasteiger partial charge in [-0.25, -0.2) is 4.79 Å². The normalized spacial score (nSPS) is 22.3. The third-order valence-corrected chi connectivity index (χ3v) is 3.57. The first kappa shape index (κ1) is 15.0. The quantitative estimate of drug-likeness (QED) is 0.776. The van der Waals surface area contributed by atoms with Crippen molar-refractivity contribution in [2.24, 2.45) is 0 Å². The van der Waals surface area contributed by atoms with Crippen molar-refractivity contribution in [3.63, 3.8) is 0 Å². The maximum atomic E-state index is 12.1. The average molecular weight is 256 g/mol. The second kappa shape index (κ2) is 7.36. The summed E-state index contributed by atoms with van der Waals surface area (Å²) < 4.78 is 0. The summed E-state index contributed by atoms with van der Waals surface area (Å²) in [6.07, 6.45) is 4.32. The number of carbonyl (C=O) groups is 2. The van der Waals surface area contributed by atoms with Crippen LogP contribution in [0.1, 0.15) is 46.0 Å². The highest BCUT2D eigenvalue weighted by molar-refractivity contribution is 5.84. The highest BCUT2D eigenvalue weighted by Gasteiger charge is 2.30. The Bertz CT molecular complexity index is 294. The highest BCUT2D eigenvalue weighted by Crippen LogP contribution is 2.17. The summed E-state index contributed by atoms with van der Waals surface area (Å²) in [5, 5.41) is 12.3. The Kier molecular flexibility index (Phi) is 6.12. The molecule has 5 nitrogen and oxygen atoms in total. The Labute approximate surface area is 109 Å². The molecular formula is C13H24N2O3. The zero-order valence-corrected chi connectivity index (χ0v) is 11.3. The van der Waals surface area contributed by atoms with Crippen LogP contribution in [0, 0.1) is 0 Å². The summed E-state index contributed by atoms with van der Waals surface area (Å²) in [4.78, 5) is 24.8. The fraction of sp³-hybridized carbons (Fsp3) is 0.846. The summed E-state index contributed by atoms with van der Waals surface area (Å²) in [7, 11) is 0. The summed E-state index contributed by atoms with van der Waals surface area (Å²) in [6.45, 7) is 4.87. The van der Waals surface area contributed by atoms with E-state index in [0.29, 0.717) is 13.0 Å². The Morgan fingerprint density at radius 3 is 2.72 bits per heavy atom. The van der Waals surface area contributed by atoms with Crippen LogP contribution in [0.5, 0.6) is 0 Å². The van der Waals surface area contributed by atoms with Gasteiger partial charge in [0.1, 0.15) is 6.04 Å². The number of hydrogen-bond donors (Lipinski definition) is 2. The number of carboxylic acid groups (broad SMARTS) is 1. The molecule has 0 aromatic heterocycles. The van der Waals surface area contributed by atoms with Gasteiger partial charge in [0.2, 0.25) is 5.91 Å². The van der Waals surface area contributed by atoms with Crippen LogP contribution in [0.2, 0.25) is 0 Å². The number of carboxylic acids is 1. The van der Waals surface area contributed by atoms with Crippen molar-refractivity contribution in [2.45, 2.75) is 58.0 Å². The molecule has 0 aromatic rings. The zero-order chi connectivity index (χ0) is 13.5. The van der Waals surface area contributed by atoms with Crippen molar-refractivity contribution in [3.8, 4) is 0 Å². The SMILES string of the molecule is CCC(C)NCC(=O)N1CCCCCC1C(=O)O. The molecule has 2 atom stereocenters. The number of hydrogen-bond acceptors (Lipinski definition) is 3. The lowest BCUT2D eigenvalue weighted by atomic mass is 10.1. The number of aliphatic carboxylic acids is 1. The molecule has 18 heavy (non-hydrogen) atoms. The number of likely N-dealkylation sites (tertiary alicyclic amines) is 1. The Morgan fingerprint density at radius 1 is 1.39 bits per heavy atom. The average Bonchev–Trinajstić information content (AvgIpc) is 2.60. The molecule has 1 saturated heterocycles. The van der Waals surface area contributed by atoms with E-state index in [1.165, 1.54) is 4.90 Å². The van der Waals surface area contributed by atoms with Crippen LogP contribution in [-0.2, 0) is 9.59 Å². The molecule has 1 aliphatic heterocycles. The van der Waals surface area contributed by atoms with Crippen LogP contribution >= 0.6 is 0 Å². The monoisotopic (exact) mass is 256 g/mol. The molecule has 2 N–H and O–H groups in total. The van der Waals surface area contributed by atoms with Crippen molar-refractivity contribution >= 4 is 11.9 Å². The van der Waals surface area contributed by atoms with E-state index in [1.54, 1.807) is 0 Å². The van der Waals surface area contributed by atoms with E-state index in [2.05, 4.69) is 5.32 Å². The first-order valence-electron chi connectivity index (χ1n) is 6.82. The molecule has 0 bridgehead atoms. The van der Waals surface area contributed by atoms with Crippen molar-refractivity contribution in [3.05, 3.63) is 0 Å². The number of amides is 1. The molecule has 1 aliphatic rings. The van der Waals surface area contributed by atoms with Gasteiger partial charge in [-0.1, -0.05) is 19.8 Å². The summed E-state index contributed by atoms with van der Waals surface area (Å²) in [5.74, 6) is -0.974. The van der Waals surface area contributed by atoms with E-state index in [9.17, 15) is 14.7 Å². The van der Waals surface area contributed by atoms with Gasteiger partial charge >= 0.3 is 5.97 Å². The fourth-order valence-corrected chi connectivity index (χ4v) is 2.17. The number of rotatable bonds is 5. The Hall–Kier alpha value is -1.10. The van der Waals surface area contributed by atoms with Crippen molar-refractivity contribution in [1.82, 2.24) is 10.2 Å². The predicted octanol–water partition coefficient (Wildman–Crippen LogP) is 1.23. The van der Waals surface area contributed by atoms with Gasteiger partial charge in [0.15, 0.2) is 0 Å². The standard InChI is InChI=1S/C13H24N2O3/c1-3-10(2)14-9-12(16)15-8-6-4-5-7-11(15)13(17)18/h10-11,14H,3-9H2,1-2H3,(H,17,18). The van der Waals surface area contributed by atoms with Gasteiger partial charge in [-0.15, -0.1) is 0 Å². The third kappa shape index (κ3) is 4.29. The highest BCUT2D eigenvalue weighted by atomic mass is 16.4. The van der Waals surface area contributed by atoms with Gasteiger partial charge < -0.3 is 15.3 Å². The van der Waals surface area contributed by atoms with E-state index in [0.717, 1.165) is 25.7 Å². The fourth-order valence-electron chi connectivity index (χ4n) is 2.17. The Balaban J connectivity index is 2.58. The molecule has 104 valence electrons. The molecule has 0 aliphatic carbocycles. The molecule has 1 heterocycles. The van der Waals surface area contributed by atoms with Gasteiger partial charge in [-0.05, 0) is 26.2 Å². The summed E-state index contributed by atoms with van der Waals surface area (Å²) in [5.41, 5.74) is 0. The van der Waals surface area contributed by atoms with Crippen LogP contribution in [-0.4, -0.2) is 47.1 Å². The van der Waals surface area contributed by atoms with E-state index < -0.39 is 12.0 Å². The number of carbonyl (C=O) groups excluding carboxylic acids is 1. The topological polar surface area (TPSA) is 69.6 Å². The molecule has 1 rings (SSSR count). The van der Waals surface area contributed by atoms with Crippen molar-refractivity contribution in [1.29, 1.82) is 0 Å². The molecule has 1 fully saturated rings. The van der Waals surface area contributed by atoms with Gasteiger partial charge in [0.25, 0.3) is 0 Å². The van der Waals surface area contributed by atoms with Gasteiger partial charge in [-0.2, -0.15) is 0 Å². The minimum Gasteiger partial charge on any atom is -0.480 e. The third-order valence-electron chi connectivity index (χ3n) is 3.57. The molecular weight excluding hydrogens is 232 g/mol. The lowest BCUT2D eigenvalue weighted by Crippen LogP contribution is -2.48. The predicted molar refractivity (Wildman–Crippen MR) is 69.4 cm³/mol. The molecule has 0 saturated carbocycles. The maximum absolute atomic E-state index is 12.1. The first-order chi connectivity index (χ1) is 8.56. The summed E-state index contributed by atoms with van der Waals surface area (Å²) in [6, 6.07) is -0.358. The van der Waals surface area contributed by atoms with Crippen LogP contribution in [0.3, 0.4) is 0 Å². The number of nitrogens with one attached hydrogen (secondary N) is 1. The largest absolute Gasteiger partial charge is 0.480 e. The molecule has 5 heteroatoms. The number of nitrogens with zero attached hydrogens (tertiary/aromatic N) is 1. The van der Waals surface area contributed by atoms with Gasteiger partial charge in [-0.3, -0.25) is 4.79 Å².